The van der Waals surface area contributed by atoms with E-state index in [0.717, 1.165) is 25.9 Å². The van der Waals surface area contributed by atoms with Crippen LogP contribution < -0.4 is 4.90 Å². The topological polar surface area (TPSA) is 66.3 Å². The van der Waals surface area contributed by atoms with E-state index in [2.05, 4.69) is 14.9 Å². The van der Waals surface area contributed by atoms with Crippen LogP contribution in [0, 0.1) is 6.92 Å². The Balaban J connectivity index is 2.28. The van der Waals surface area contributed by atoms with Crippen molar-refractivity contribution < 1.29 is 9.90 Å². The van der Waals surface area contributed by atoms with Gasteiger partial charge in [0, 0.05) is 18.8 Å². The maximum absolute atomic E-state index is 10.9. The smallest absolute Gasteiger partial charge is 0.354 e. The van der Waals surface area contributed by atoms with Gasteiger partial charge in [0.1, 0.15) is 0 Å². The van der Waals surface area contributed by atoms with E-state index in [1.54, 1.807) is 6.92 Å². The summed E-state index contributed by atoms with van der Waals surface area (Å²) in [5, 5.41) is 8.92. The first-order valence-electron chi connectivity index (χ1n) is 5.51. The second-order valence-electron chi connectivity index (χ2n) is 4.05. The number of aromatic nitrogens is 2. The maximum atomic E-state index is 10.9. The lowest BCUT2D eigenvalue weighted by Gasteiger charge is -2.26. The monoisotopic (exact) mass is 221 g/mol. The molecular formula is C11H15N3O2. The van der Waals surface area contributed by atoms with Crippen molar-refractivity contribution in [2.75, 3.05) is 18.0 Å². The molecule has 1 aliphatic heterocycles. The molecule has 16 heavy (non-hydrogen) atoms. The summed E-state index contributed by atoms with van der Waals surface area (Å²) in [5.41, 5.74) is 0.779. The predicted molar refractivity (Wildman–Crippen MR) is 59.8 cm³/mol. The van der Waals surface area contributed by atoms with Crippen LogP contribution in [0.2, 0.25) is 0 Å². The number of aromatic carboxylic acids is 1. The number of nitrogens with zero attached hydrogens (tertiary/aromatic N) is 3. The SMILES string of the molecule is Cc1cc(C(=O)O)nc(N2CCCCC2)n1. The number of carboxylic acid groups (broad SMARTS) is 1. The summed E-state index contributed by atoms with van der Waals surface area (Å²) in [7, 11) is 0. The van der Waals surface area contributed by atoms with Gasteiger partial charge >= 0.3 is 5.97 Å². The Morgan fingerprint density at radius 3 is 2.62 bits per heavy atom. The first kappa shape index (κ1) is 10.9. The summed E-state index contributed by atoms with van der Waals surface area (Å²) in [6, 6.07) is 1.50. The number of carboxylic acids is 1. The van der Waals surface area contributed by atoms with E-state index in [9.17, 15) is 4.79 Å². The lowest BCUT2D eigenvalue weighted by Crippen LogP contribution is -2.31. The molecule has 2 heterocycles. The van der Waals surface area contributed by atoms with Crippen molar-refractivity contribution in [3.05, 3.63) is 17.5 Å². The quantitative estimate of drug-likeness (QED) is 0.819. The van der Waals surface area contributed by atoms with Crippen LogP contribution in [-0.2, 0) is 0 Å². The fourth-order valence-electron chi connectivity index (χ4n) is 1.90. The number of anilines is 1. The standard InChI is InChI=1S/C11H15N3O2/c1-8-7-9(10(15)16)13-11(12-8)14-5-3-2-4-6-14/h7H,2-6H2,1H3,(H,15,16). The van der Waals surface area contributed by atoms with E-state index < -0.39 is 5.97 Å². The Bertz CT molecular complexity index is 400. The van der Waals surface area contributed by atoms with Crippen molar-refractivity contribution in [3.8, 4) is 0 Å². The normalized spacial score (nSPS) is 16.2. The summed E-state index contributed by atoms with van der Waals surface area (Å²) in [6.45, 7) is 3.63. The number of rotatable bonds is 2. The average Bonchev–Trinajstić information content (AvgIpc) is 2.29. The lowest BCUT2D eigenvalue weighted by atomic mass is 10.1. The fourth-order valence-corrected chi connectivity index (χ4v) is 1.90. The van der Waals surface area contributed by atoms with Crippen LogP contribution in [0.25, 0.3) is 0 Å². The van der Waals surface area contributed by atoms with Crippen LogP contribution in [0.4, 0.5) is 5.95 Å². The Morgan fingerprint density at radius 2 is 2.00 bits per heavy atom. The van der Waals surface area contributed by atoms with Crippen molar-refractivity contribution in [3.63, 3.8) is 0 Å². The average molecular weight is 221 g/mol. The molecule has 1 N–H and O–H groups in total. The zero-order valence-corrected chi connectivity index (χ0v) is 9.31. The summed E-state index contributed by atoms with van der Waals surface area (Å²) in [6.07, 6.45) is 3.48. The third-order valence-corrected chi connectivity index (χ3v) is 2.70. The van der Waals surface area contributed by atoms with Gasteiger partial charge in [-0.05, 0) is 32.3 Å². The highest BCUT2D eigenvalue weighted by Gasteiger charge is 2.16. The number of carbonyl (C=O) groups is 1. The van der Waals surface area contributed by atoms with E-state index >= 15 is 0 Å². The lowest BCUT2D eigenvalue weighted by molar-refractivity contribution is 0.0690. The third kappa shape index (κ3) is 2.29. The zero-order chi connectivity index (χ0) is 11.5. The summed E-state index contributed by atoms with van der Waals surface area (Å²) in [5.74, 6) is -0.444. The fraction of sp³-hybridized carbons (Fsp3) is 0.545. The minimum absolute atomic E-state index is 0.0769. The van der Waals surface area contributed by atoms with Crippen molar-refractivity contribution in [1.82, 2.24) is 9.97 Å². The minimum atomic E-state index is -0.997. The van der Waals surface area contributed by atoms with Gasteiger partial charge in [0.25, 0.3) is 0 Å². The van der Waals surface area contributed by atoms with E-state index in [0.29, 0.717) is 11.6 Å². The Labute approximate surface area is 94.1 Å². The minimum Gasteiger partial charge on any atom is -0.477 e. The highest BCUT2D eigenvalue weighted by Crippen LogP contribution is 2.16. The molecule has 1 aromatic heterocycles. The third-order valence-electron chi connectivity index (χ3n) is 2.70. The zero-order valence-electron chi connectivity index (χ0n) is 9.31. The molecule has 0 amide bonds. The maximum Gasteiger partial charge on any atom is 0.354 e. The second-order valence-corrected chi connectivity index (χ2v) is 4.05. The highest BCUT2D eigenvalue weighted by atomic mass is 16.4. The van der Waals surface area contributed by atoms with Crippen LogP contribution in [0.1, 0.15) is 35.4 Å². The largest absolute Gasteiger partial charge is 0.477 e. The Morgan fingerprint density at radius 1 is 1.31 bits per heavy atom. The molecule has 0 spiro atoms. The van der Waals surface area contributed by atoms with Crippen molar-refractivity contribution >= 4 is 11.9 Å². The summed E-state index contributed by atoms with van der Waals surface area (Å²) >= 11 is 0. The highest BCUT2D eigenvalue weighted by molar-refractivity contribution is 5.85. The van der Waals surface area contributed by atoms with E-state index in [1.807, 2.05) is 0 Å². The summed E-state index contributed by atoms with van der Waals surface area (Å²) < 4.78 is 0. The van der Waals surface area contributed by atoms with Crippen molar-refractivity contribution in [1.29, 1.82) is 0 Å². The van der Waals surface area contributed by atoms with Gasteiger partial charge in [0.2, 0.25) is 5.95 Å². The molecule has 86 valence electrons. The Kier molecular flexibility index (Phi) is 3.03. The number of piperidine rings is 1. The van der Waals surface area contributed by atoms with Crippen LogP contribution in [0.3, 0.4) is 0 Å². The number of hydrogen-bond acceptors (Lipinski definition) is 4. The van der Waals surface area contributed by atoms with Crippen LogP contribution >= 0.6 is 0 Å². The molecule has 1 saturated heterocycles. The molecule has 0 unspecified atom stereocenters. The molecule has 1 fully saturated rings. The van der Waals surface area contributed by atoms with Crippen LogP contribution in [0.15, 0.2) is 6.07 Å². The van der Waals surface area contributed by atoms with E-state index in [1.165, 1.54) is 12.5 Å². The molecule has 0 aromatic carbocycles. The molecule has 0 saturated carbocycles. The second kappa shape index (κ2) is 4.47. The molecule has 1 aliphatic rings. The van der Waals surface area contributed by atoms with Gasteiger partial charge in [0.05, 0.1) is 0 Å². The molecule has 2 rings (SSSR count). The predicted octanol–water partition coefficient (Wildman–Crippen LogP) is 1.47. The van der Waals surface area contributed by atoms with Gasteiger partial charge in [-0.3, -0.25) is 0 Å². The van der Waals surface area contributed by atoms with Crippen LogP contribution in [-0.4, -0.2) is 34.1 Å². The molecule has 0 bridgehead atoms. The molecule has 5 heteroatoms. The molecule has 0 aliphatic carbocycles. The van der Waals surface area contributed by atoms with Gasteiger partial charge < -0.3 is 10.0 Å². The molecule has 1 aromatic rings. The molecule has 0 atom stereocenters. The first-order valence-corrected chi connectivity index (χ1v) is 5.51. The van der Waals surface area contributed by atoms with Gasteiger partial charge in [0.15, 0.2) is 5.69 Å². The van der Waals surface area contributed by atoms with Crippen molar-refractivity contribution in [2.45, 2.75) is 26.2 Å². The van der Waals surface area contributed by atoms with Gasteiger partial charge in [-0.25, -0.2) is 14.8 Å². The number of aryl methyl sites for hydroxylation is 1. The van der Waals surface area contributed by atoms with Gasteiger partial charge in [-0.2, -0.15) is 0 Å². The summed E-state index contributed by atoms with van der Waals surface area (Å²) in [4.78, 5) is 21.3. The van der Waals surface area contributed by atoms with Crippen molar-refractivity contribution in [2.24, 2.45) is 0 Å². The molecule has 0 radical (unpaired) electrons. The van der Waals surface area contributed by atoms with Gasteiger partial charge in [-0.1, -0.05) is 0 Å². The van der Waals surface area contributed by atoms with Gasteiger partial charge in [-0.15, -0.1) is 0 Å². The van der Waals surface area contributed by atoms with E-state index in [4.69, 9.17) is 5.11 Å². The Hall–Kier alpha value is -1.65. The number of hydrogen-bond donors (Lipinski definition) is 1. The van der Waals surface area contributed by atoms with E-state index in [-0.39, 0.29) is 5.69 Å². The first-order chi connectivity index (χ1) is 7.66. The molecule has 5 nitrogen and oxygen atoms in total. The molecular weight excluding hydrogens is 206 g/mol. The van der Waals surface area contributed by atoms with Crippen LogP contribution in [0.5, 0.6) is 0 Å².